The van der Waals surface area contributed by atoms with Gasteiger partial charge in [-0.05, 0) is 49.9 Å². The van der Waals surface area contributed by atoms with E-state index in [9.17, 15) is 0 Å². The van der Waals surface area contributed by atoms with Gasteiger partial charge in [-0.3, -0.25) is 0 Å². The third-order valence-electron chi connectivity index (χ3n) is 4.26. The van der Waals surface area contributed by atoms with Crippen LogP contribution >= 0.6 is 11.6 Å². The second kappa shape index (κ2) is 7.06. The van der Waals surface area contributed by atoms with E-state index in [0.29, 0.717) is 0 Å². The maximum atomic E-state index is 6.48. The third kappa shape index (κ3) is 3.75. The van der Waals surface area contributed by atoms with E-state index in [0.717, 1.165) is 30.3 Å². The summed E-state index contributed by atoms with van der Waals surface area (Å²) in [6.45, 7) is 5.17. The Kier molecular flexibility index (Phi) is 4.89. The number of rotatable bonds is 4. The van der Waals surface area contributed by atoms with Crippen molar-refractivity contribution in [3.05, 3.63) is 58.6 Å². The first-order chi connectivity index (χ1) is 10.7. The van der Waals surface area contributed by atoms with Gasteiger partial charge in [0.05, 0.1) is 10.7 Å². The van der Waals surface area contributed by atoms with Crippen LogP contribution in [0, 0.1) is 6.92 Å². The molecule has 0 spiro atoms. The number of nitrogens with one attached hydrogen (secondary N) is 1. The van der Waals surface area contributed by atoms with Crippen LogP contribution in [0.4, 0.5) is 11.4 Å². The molecule has 0 amide bonds. The predicted molar refractivity (Wildman–Crippen MR) is 96.0 cm³/mol. The summed E-state index contributed by atoms with van der Waals surface area (Å²) in [6, 6.07) is 14.9. The van der Waals surface area contributed by atoms with Crippen molar-refractivity contribution >= 4 is 23.0 Å². The van der Waals surface area contributed by atoms with Gasteiger partial charge in [0.1, 0.15) is 0 Å². The number of aryl methyl sites for hydroxylation is 1. The van der Waals surface area contributed by atoms with Crippen molar-refractivity contribution in [2.75, 3.05) is 23.3 Å². The Morgan fingerprint density at radius 2 is 1.73 bits per heavy atom. The maximum absolute atomic E-state index is 6.48. The molecule has 0 bridgehead atoms. The lowest BCUT2D eigenvalue weighted by atomic mass is 10.1. The Morgan fingerprint density at radius 3 is 2.41 bits per heavy atom. The second-order valence-corrected chi connectivity index (χ2v) is 6.46. The van der Waals surface area contributed by atoms with E-state index in [1.54, 1.807) is 0 Å². The number of hydrogen-bond donors (Lipinski definition) is 1. The second-order valence-electron chi connectivity index (χ2n) is 6.05. The molecular formula is C19H23ClN2. The van der Waals surface area contributed by atoms with Crippen LogP contribution in [0.25, 0.3) is 0 Å². The molecule has 1 aliphatic heterocycles. The van der Waals surface area contributed by atoms with E-state index in [4.69, 9.17) is 11.6 Å². The molecule has 1 saturated heterocycles. The minimum atomic E-state index is 0.819. The molecule has 2 aromatic rings. The summed E-state index contributed by atoms with van der Waals surface area (Å²) in [6.07, 6.45) is 3.87. The van der Waals surface area contributed by atoms with Gasteiger partial charge in [-0.15, -0.1) is 0 Å². The summed E-state index contributed by atoms with van der Waals surface area (Å²) in [5.74, 6) is 0. The molecule has 0 unspecified atom stereocenters. The SMILES string of the molecule is Cc1ccc(CNc2ccc(N3CCCCC3)c(Cl)c2)cc1. The molecule has 0 atom stereocenters. The quantitative estimate of drug-likeness (QED) is 0.829. The lowest BCUT2D eigenvalue weighted by Gasteiger charge is -2.29. The zero-order valence-corrected chi connectivity index (χ0v) is 13.9. The van der Waals surface area contributed by atoms with E-state index in [1.165, 1.54) is 36.1 Å². The average molecular weight is 315 g/mol. The van der Waals surface area contributed by atoms with E-state index >= 15 is 0 Å². The Labute approximate surface area is 138 Å². The number of nitrogens with zero attached hydrogens (tertiary/aromatic N) is 1. The first-order valence-corrected chi connectivity index (χ1v) is 8.44. The molecule has 1 N–H and O–H groups in total. The number of piperidine rings is 1. The van der Waals surface area contributed by atoms with Crippen LogP contribution in [0.2, 0.25) is 5.02 Å². The molecule has 1 aliphatic rings. The fourth-order valence-electron chi connectivity index (χ4n) is 2.92. The van der Waals surface area contributed by atoms with Crippen LogP contribution in [0.15, 0.2) is 42.5 Å². The van der Waals surface area contributed by atoms with Gasteiger partial charge in [-0.25, -0.2) is 0 Å². The van der Waals surface area contributed by atoms with Gasteiger partial charge >= 0.3 is 0 Å². The van der Waals surface area contributed by atoms with E-state index in [-0.39, 0.29) is 0 Å². The Balaban J connectivity index is 1.65. The summed E-state index contributed by atoms with van der Waals surface area (Å²) in [5, 5.41) is 4.29. The fourth-order valence-corrected chi connectivity index (χ4v) is 3.22. The van der Waals surface area contributed by atoms with Crippen LogP contribution in [-0.4, -0.2) is 13.1 Å². The number of benzene rings is 2. The van der Waals surface area contributed by atoms with Crippen molar-refractivity contribution in [3.63, 3.8) is 0 Å². The van der Waals surface area contributed by atoms with Crippen molar-refractivity contribution in [2.24, 2.45) is 0 Å². The molecule has 1 fully saturated rings. The minimum absolute atomic E-state index is 0.819. The summed E-state index contributed by atoms with van der Waals surface area (Å²) in [4.78, 5) is 2.40. The summed E-state index contributed by atoms with van der Waals surface area (Å²) in [7, 11) is 0. The number of halogens is 1. The predicted octanol–water partition coefficient (Wildman–Crippen LogP) is 5.25. The number of hydrogen-bond acceptors (Lipinski definition) is 2. The van der Waals surface area contributed by atoms with Gasteiger partial charge in [0.15, 0.2) is 0 Å². The highest BCUT2D eigenvalue weighted by Gasteiger charge is 2.13. The molecule has 2 aromatic carbocycles. The Hall–Kier alpha value is -1.67. The lowest BCUT2D eigenvalue weighted by molar-refractivity contribution is 0.578. The van der Waals surface area contributed by atoms with E-state index < -0.39 is 0 Å². The van der Waals surface area contributed by atoms with Crippen LogP contribution in [0.5, 0.6) is 0 Å². The molecule has 116 valence electrons. The van der Waals surface area contributed by atoms with Gasteiger partial charge in [-0.2, -0.15) is 0 Å². The highest BCUT2D eigenvalue weighted by molar-refractivity contribution is 6.33. The van der Waals surface area contributed by atoms with Crippen molar-refractivity contribution in [3.8, 4) is 0 Å². The van der Waals surface area contributed by atoms with Gasteiger partial charge in [0.25, 0.3) is 0 Å². The van der Waals surface area contributed by atoms with Crippen LogP contribution in [0.3, 0.4) is 0 Å². The smallest absolute Gasteiger partial charge is 0.0660 e. The van der Waals surface area contributed by atoms with Gasteiger partial charge in [0, 0.05) is 25.3 Å². The number of anilines is 2. The molecule has 0 aromatic heterocycles. The van der Waals surface area contributed by atoms with E-state index in [1.807, 2.05) is 6.07 Å². The third-order valence-corrected chi connectivity index (χ3v) is 4.56. The van der Waals surface area contributed by atoms with Gasteiger partial charge in [-0.1, -0.05) is 41.4 Å². The van der Waals surface area contributed by atoms with Gasteiger partial charge in [0.2, 0.25) is 0 Å². The van der Waals surface area contributed by atoms with E-state index in [2.05, 4.69) is 53.5 Å². The molecule has 3 heteroatoms. The minimum Gasteiger partial charge on any atom is -0.381 e. The standard InChI is InChI=1S/C19H23ClN2/c1-15-5-7-16(8-6-15)14-21-17-9-10-19(18(20)13-17)22-11-3-2-4-12-22/h5-10,13,21H,2-4,11-12,14H2,1H3. The molecule has 0 aliphatic carbocycles. The van der Waals surface area contributed by atoms with Crippen molar-refractivity contribution in [2.45, 2.75) is 32.7 Å². The van der Waals surface area contributed by atoms with Gasteiger partial charge < -0.3 is 10.2 Å². The van der Waals surface area contributed by atoms with Crippen LogP contribution < -0.4 is 10.2 Å². The summed E-state index contributed by atoms with van der Waals surface area (Å²) < 4.78 is 0. The zero-order chi connectivity index (χ0) is 15.4. The lowest BCUT2D eigenvalue weighted by Crippen LogP contribution is -2.29. The maximum Gasteiger partial charge on any atom is 0.0660 e. The van der Waals surface area contributed by atoms with Crippen molar-refractivity contribution in [1.82, 2.24) is 0 Å². The summed E-state index contributed by atoms with van der Waals surface area (Å²) in [5.41, 5.74) is 4.81. The van der Waals surface area contributed by atoms with Crippen molar-refractivity contribution in [1.29, 1.82) is 0 Å². The molecule has 2 nitrogen and oxygen atoms in total. The fraction of sp³-hybridized carbons (Fsp3) is 0.368. The average Bonchev–Trinajstić information content (AvgIpc) is 2.55. The van der Waals surface area contributed by atoms with Crippen molar-refractivity contribution < 1.29 is 0 Å². The normalized spacial score (nSPS) is 14.9. The van der Waals surface area contributed by atoms with Crippen LogP contribution in [-0.2, 0) is 6.54 Å². The Morgan fingerprint density at radius 1 is 1.00 bits per heavy atom. The first-order valence-electron chi connectivity index (χ1n) is 8.06. The molecule has 3 rings (SSSR count). The highest BCUT2D eigenvalue weighted by Crippen LogP contribution is 2.30. The molecule has 22 heavy (non-hydrogen) atoms. The Bertz CT molecular complexity index is 616. The molecular weight excluding hydrogens is 292 g/mol. The first kappa shape index (κ1) is 15.2. The molecule has 0 saturated carbocycles. The largest absolute Gasteiger partial charge is 0.381 e. The monoisotopic (exact) mass is 314 g/mol. The topological polar surface area (TPSA) is 15.3 Å². The molecule has 0 radical (unpaired) electrons. The molecule has 1 heterocycles. The summed E-state index contributed by atoms with van der Waals surface area (Å²) >= 11 is 6.48. The zero-order valence-electron chi connectivity index (χ0n) is 13.1. The highest BCUT2D eigenvalue weighted by atomic mass is 35.5. The van der Waals surface area contributed by atoms with Crippen LogP contribution in [0.1, 0.15) is 30.4 Å².